The molecule has 1 aromatic heterocycles. The average Bonchev–Trinajstić information content (AvgIpc) is 3.13. The molecule has 2 nitrogen and oxygen atoms in total. The van der Waals surface area contributed by atoms with Crippen molar-refractivity contribution in [3.8, 4) is 0 Å². The molecule has 0 aliphatic carbocycles. The molecule has 0 spiro atoms. The summed E-state index contributed by atoms with van der Waals surface area (Å²) in [6.07, 6.45) is 10.6. The molecule has 0 saturated heterocycles. The molecule has 0 N–H and O–H groups in total. The van der Waals surface area contributed by atoms with Crippen LogP contribution in [-0.2, 0) is 19.4 Å². The lowest BCUT2D eigenvalue weighted by molar-refractivity contribution is 0.388. The Kier molecular flexibility index (Phi) is 6.05. The zero-order valence-electron chi connectivity index (χ0n) is 15.4. The zero-order chi connectivity index (χ0) is 17.5. The van der Waals surface area contributed by atoms with Crippen LogP contribution in [0.3, 0.4) is 0 Å². The number of nitrogens with zero attached hydrogens (tertiary/aromatic N) is 2. The van der Waals surface area contributed by atoms with Crippen molar-refractivity contribution in [3.05, 3.63) is 89.5 Å². The molecule has 0 saturated carbocycles. The van der Waals surface area contributed by atoms with Gasteiger partial charge in [-0.1, -0.05) is 54.1 Å². The minimum atomic E-state index is 0.662. The van der Waals surface area contributed by atoms with Crippen LogP contribution in [0.1, 0.15) is 35.1 Å². The van der Waals surface area contributed by atoms with Gasteiger partial charge in [-0.2, -0.15) is 0 Å². The van der Waals surface area contributed by atoms with Gasteiger partial charge in [0.2, 0.25) is 0 Å². The van der Waals surface area contributed by atoms with E-state index in [0.29, 0.717) is 5.92 Å². The van der Waals surface area contributed by atoms with Crippen LogP contribution in [0.2, 0.25) is 0 Å². The van der Waals surface area contributed by atoms with Gasteiger partial charge in [-0.15, -0.1) is 0 Å². The van der Waals surface area contributed by atoms with Gasteiger partial charge in [0.25, 0.3) is 0 Å². The predicted molar refractivity (Wildman–Crippen MR) is 105 cm³/mol. The van der Waals surface area contributed by atoms with E-state index in [9.17, 15) is 0 Å². The largest absolute Gasteiger partial charge is 0.337 e. The monoisotopic (exact) mass is 332 g/mol. The summed E-state index contributed by atoms with van der Waals surface area (Å²) in [6, 6.07) is 17.7. The maximum atomic E-state index is 4.20. The first-order valence-electron chi connectivity index (χ1n) is 9.26. The number of aryl methyl sites for hydroxylation is 4. The fraction of sp³-hybridized carbons (Fsp3) is 0.348. The highest BCUT2D eigenvalue weighted by Gasteiger charge is 2.11. The smallest absolute Gasteiger partial charge is 0.0945 e. The quantitative estimate of drug-likeness (QED) is 0.541. The number of hydrogen-bond donors (Lipinski definition) is 0. The fourth-order valence-electron chi connectivity index (χ4n) is 3.40. The van der Waals surface area contributed by atoms with Gasteiger partial charge < -0.3 is 4.57 Å². The predicted octanol–water partition coefficient (Wildman–Crippen LogP) is 5.38. The molecule has 0 bridgehead atoms. The second kappa shape index (κ2) is 8.66. The van der Waals surface area contributed by atoms with Gasteiger partial charge in [-0.3, -0.25) is 0 Å². The van der Waals surface area contributed by atoms with Crippen molar-refractivity contribution in [1.29, 1.82) is 0 Å². The van der Waals surface area contributed by atoms with Crippen LogP contribution in [0.5, 0.6) is 0 Å². The third kappa shape index (κ3) is 5.32. The Morgan fingerprint density at radius 3 is 2.40 bits per heavy atom. The summed E-state index contributed by atoms with van der Waals surface area (Å²) in [4.78, 5) is 4.20. The fourth-order valence-corrected chi connectivity index (χ4v) is 3.40. The van der Waals surface area contributed by atoms with E-state index in [4.69, 9.17) is 0 Å². The molecular weight excluding hydrogens is 304 g/mol. The summed E-state index contributed by atoms with van der Waals surface area (Å²) in [5.74, 6) is 0.662. The average molecular weight is 332 g/mol. The second-order valence-electron chi connectivity index (χ2n) is 7.11. The number of aromatic nitrogens is 2. The van der Waals surface area contributed by atoms with Crippen LogP contribution in [0.4, 0.5) is 0 Å². The van der Waals surface area contributed by atoms with E-state index in [1.54, 1.807) is 0 Å². The molecule has 2 aromatic carbocycles. The van der Waals surface area contributed by atoms with Crippen LogP contribution >= 0.6 is 0 Å². The molecule has 3 rings (SSSR count). The molecule has 1 unspecified atom stereocenters. The van der Waals surface area contributed by atoms with Crippen LogP contribution in [0.15, 0.2) is 67.3 Å². The Labute approximate surface area is 151 Å². The summed E-state index contributed by atoms with van der Waals surface area (Å²) in [6.45, 7) is 5.41. The molecule has 0 fully saturated rings. The van der Waals surface area contributed by atoms with Crippen molar-refractivity contribution in [3.63, 3.8) is 0 Å². The molecule has 0 radical (unpaired) electrons. The lowest BCUT2D eigenvalue weighted by atomic mass is 9.91. The number of imidazole rings is 1. The summed E-state index contributed by atoms with van der Waals surface area (Å²) >= 11 is 0. The summed E-state index contributed by atoms with van der Waals surface area (Å²) < 4.78 is 2.22. The summed E-state index contributed by atoms with van der Waals surface area (Å²) in [5.41, 5.74) is 5.66. The highest BCUT2D eigenvalue weighted by molar-refractivity contribution is 5.25. The van der Waals surface area contributed by atoms with Gasteiger partial charge in [0, 0.05) is 18.9 Å². The molecule has 0 aliphatic heterocycles. The topological polar surface area (TPSA) is 17.8 Å². The van der Waals surface area contributed by atoms with Gasteiger partial charge in [0.1, 0.15) is 0 Å². The maximum absolute atomic E-state index is 4.20. The highest BCUT2D eigenvalue weighted by Crippen LogP contribution is 2.20. The van der Waals surface area contributed by atoms with Crippen molar-refractivity contribution >= 4 is 0 Å². The third-order valence-corrected chi connectivity index (χ3v) is 5.07. The van der Waals surface area contributed by atoms with Crippen LogP contribution in [0.25, 0.3) is 0 Å². The summed E-state index contributed by atoms with van der Waals surface area (Å²) in [7, 11) is 0. The Morgan fingerprint density at radius 2 is 1.68 bits per heavy atom. The lowest BCUT2D eigenvalue weighted by Crippen LogP contribution is -2.12. The van der Waals surface area contributed by atoms with Crippen molar-refractivity contribution in [2.24, 2.45) is 5.92 Å². The second-order valence-corrected chi connectivity index (χ2v) is 7.11. The normalized spacial score (nSPS) is 12.2. The molecule has 2 heteroatoms. The maximum Gasteiger partial charge on any atom is 0.0945 e. The molecule has 1 heterocycles. The standard InChI is InChI=1S/C23H28N2/c1-19-7-9-21(10-8-19)11-12-22(17-25-16-15-24-18-25)13-14-23-6-4-3-5-20(23)2/h3-10,15-16,18,22H,11-14,17H2,1-2H3. The minimum absolute atomic E-state index is 0.662. The van der Waals surface area contributed by atoms with E-state index in [1.807, 2.05) is 12.5 Å². The first kappa shape index (κ1) is 17.5. The molecule has 0 amide bonds. The lowest BCUT2D eigenvalue weighted by Gasteiger charge is -2.18. The van der Waals surface area contributed by atoms with E-state index in [2.05, 4.69) is 78.1 Å². The molecule has 0 aliphatic rings. The molecule has 25 heavy (non-hydrogen) atoms. The zero-order valence-corrected chi connectivity index (χ0v) is 15.4. The van der Waals surface area contributed by atoms with E-state index in [-0.39, 0.29) is 0 Å². The van der Waals surface area contributed by atoms with Crippen LogP contribution < -0.4 is 0 Å². The SMILES string of the molecule is Cc1ccc(CCC(CCc2ccccc2C)Cn2ccnc2)cc1. The number of hydrogen-bond acceptors (Lipinski definition) is 1. The number of rotatable bonds is 8. The van der Waals surface area contributed by atoms with Crippen molar-refractivity contribution in [2.45, 2.75) is 46.1 Å². The summed E-state index contributed by atoms with van der Waals surface area (Å²) in [5, 5.41) is 0. The van der Waals surface area contributed by atoms with E-state index in [0.717, 1.165) is 19.4 Å². The Morgan fingerprint density at radius 1 is 0.920 bits per heavy atom. The number of benzene rings is 2. The van der Waals surface area contributed by atoms with Crippen molar-refractivity contribution in [2.75, 3.05) is 0 Å². The van der Waals surface area contributed by atoms with Crippen LogP contribution in [0, 0.1) is 19.8 Å². The van der Waals surface area contributed by atoms with Gasteiger partial charge in [0.15, 0.2) is 0 Å². The van der Waals surface area contributed by atoms with Crippen molar-refractivity contribution in [1.82, 2.24) is 9.55 Å². The van der Waals surface area contributed by atoms with E-state index < -0.39 is 0 Å². The highest BCUT2D eigenvalue weighted by atomic mass is 15.0. The molecule has 3 aromatic rings. The first-order chi connectivity index (χ1) is 12.2. The Bertz CT molecular complexity index is 757. The Balaban J connectivity index is 1.62. The molecule has 1 atom stereocenters. The third-order valence-electron chi connectivity index (χ3n) is 5.07. The molecule has 130 valence electrons. The molecular formula is C23H28N2. The van der Waals surface area contributed by atoms with Crippen molar-refractivity contribution < 1.29 is 0 Å². The van der Waals surface area contributed by atoms with E-state index >= 15 is 0 Å². The van der Waals surface area contributed by atoms with Gasteiger partial charge >= 0.3 is 0 Å². The van der Waals surface area contributed by atoms with Gasteiger partial charge in [-0.05, 0) is 62.1 Å². The minimum Gasteiger partial charge on any atom is -0.337 e. The Hall–Kier alpha value is -2.35. The van der Waals surface area contributed by atoms with Crippen LogP contribution in [-0.4, -0.2) is 9.55 Å². The van der Waals surface area contributed by atoms with Gasteiger partial charge in [-0.25, -0.2) is 4.98 Å². The first-order valence-corrected chi connectivity index (χ1v) is 9.26. The van der Waals surface area contributed by atoms with Gasteiger partial charge in [0.05, 0.1) is 6.33 Å². The van der Waals surface area contributed by atoms with E-state index in [1.165, 1.54) is 35.1 Å².